The summed E-state index contributed by atoms with van der Waals surface area (Å²) in [5.41, 5.74) is 1.42. The molecule has 2 aliphatic rings. The van der Waals surface area contributed by atoms with Gasteiger partial charge in [-0.3, -0.25) is 14.5 Å². The van der Waals surface area contributed by atoms with E-state index in [9.17, 15) is 9.59 Å². The first-order valence-corrected chi connectivity index (χ1v) is 15.1. The van der Waals surface area contributed by atoms with Gasteiger partial charge in [0.1, 0.15) is 18.1 Å². The van der Waals surface area contributed by atoms with Crippen molar-refractivity contribution in [1.29, 1.82) is 0 Å². The third-order valence-electron chi connectivity index (χ3n) is 7.58. The molecule has 0 N–H and O–H groups in total. The van der Waals surface area contributed by atoms with E-state index in [0.717, 1.165) is 63.4 Å². The monoisotopic (exact) mass is 591 g/mol. The fourth-order valence-electron chi connectivity index (χ4n) is 5.12. The summed E-state index contributed by atoms with van der Waals surface area (Å²) < 4.78 is 27.8. The maximum atomic E-state index is 13.9. The van der Waals surface area contributed by atoms with E-state index in [0.29, 0.717) is 42.5 Å². The summed E-state index contributed by atoms with van der Waals surface area (Å²) in [5, 5.41) is 0. The number of hydrogen-bond donors (Lipinski definition) is 0. The molecule has 2 aromatic carbocycles. The highest BCUT2D eigenvalue weighted by atomic mass is 16.7. The van der Waals surface area contributed by atoms with Gasteiger partial charge in [0.15, 0.2) is 11.5 Å². The van der Waals surface area contributed by atoms with E-state index in [1.165, 1.54) is 0 Å². The van der Waals surface area contributed by atoms with E-state index in [4.69, 9.17) is 23.4 Å². The van der Waals surface area contributed by atoms with Crippen molar-refractivity contribution in [3.05, 3.63) is 77.7 Å². The third-order valence-corrected chi connectivity index (χ3v) is 7.58. The average Bonchev–Trinajstić information content (AvgIpc) is 3.73. The molecule has 0 aliphatic carbocycles. The summed E-state index contributed by atoms with van der Waals surface area (Å²) in [6.07, 6.45) is 4.36. The summed E-state index contributed by atoms with van der Waals surface area (Å²) >= 11 is 0. The molecule has 0 atom stereocenters. The first kappa shape index (κ1) is 30.4. The Morgan fingerprint density at radius 1 is 0.930 bits per heavy atom. The molecule has 2 aliphatic heterocycles. The van der Waals surface area contributed by atoms with Crippen molar-refractivity contribution in [2.75, 3.05) is 59.3 Å². The zero-order chi connectivity index (χ0) is 29.9. The smallest absolute Gasteiger partial charge is 0.254 e. The predicted molar refractivity (Wildman–Crippen MR) is 160 cm³/mol. The summed E-state index contributed by atoms with van der Waals surface area (Å²) in [5.74, 6) is 2.38. The van der Waals surface area contributed by atoms with E-state index in [1.54, 1.807) is 34.3 Å². The van der Waals surface area contributed by atoms with Gasteiger partial charge in [-0.15, -0.1) is 0 Å². The topological polar surface area (TPSA) is 93.9 Å². The minimum Gasteiger partial charge on any atom is -0.494 e. The number of morpholine rings is 1. The van der Waals surface area contributed by atoms with Crippen molar-refractivity contribution in [1.82, 2.24) is 14.7 Å². The molecule has 1 saturated heterocycles. The number of ether oxygens (including phenoxy) is 4. The van der Waals surface area contributed by atoms with Gasteiger partial charge in [-0.05, 0) is 66.9 Å². The van der Waals surface area contributed by atoms with Crippen molar-refractivity contribution < 1.29 is 33.0 Å². The van der Waals surface area contributed by atoms with Gasteiger partial charge in [0.2, 0.25) is 12.7 Å². The summed E-state index contributed by atoms with van der Waals surface area (Å²) in [6, 6.07) is 16.5. The number of carbonyl (C=O) groups excluding carboxylic acids is 2. The zero-order valence-electron chi connectivity index (χ0n) is 24.9. The summed E-state index contributed by atoms with van der Waals surface area (Å²) in [7, 11) is 0. The lowest BCUT2D eigenvalue weighted by Gasteiger charge is -2.30. The quantitative estimate of drug-likeness (QED) is 0.237. The Hall–Kier alpha value is -4.02. The van der Waals surface area contributed by atoms with Crippen molar-refractivity contribution in [2.45, 2.75) is 39.3 Å². The Morgan fingerprint density at radius 2 is 1.74 bits per heavy atom. The Bertz CT molecular complexity index is 1310. The van der Waals surface area contributed by atoms with Gasteiger partial charge in [0, 0.05) is 38.3 Å². The largest absolute Gasteiger partial charge is 0.494 e. The zero-order valence-corrected chi connectivity index (χ0v) is 24.9. The standard InChI is InChI=1S/C33H41N3O7/c1-2-3-17-40-28-10-8-27(9-11-28)33(38)35(14-5-13-34-15-19-39-20-16-34)24-32(37)36(23-29-6-4-18-41-29)22-26-7-12-30-31(21-26)43-25-42-30/h4,6-12,18,21H,2-3,5,13-17,19-20,22-25H2,1H3. The van der Waals surface area contributed by atoms with Crippen molar-refractivity contribution >= 4 is 11.8 Å². The minimum atomic E-state index is -0.184. The first-order valence-electron chi connectivity index (χ1n) is 15.1. The molecule has 43 heavy (non-hydrogen) atoms. The third kappa shape index (κ3) is 8.75. The highest BCUT2D eigenvalue weighted by Crippen LogP contribution is 2.33. The number of benzene rings is 2. The molecule has 0 spiro atoms. The molecule has 3 aromatic rings. The highest BCUT2D eigenvalue weighted by molar-refractivity contribution is 5.96. The molecule has 2 amide bonds. The van der Waals surface area contributed by atoms with Gasteiger partial charge in [-0.2, -0.15) is 0 Å². The van der Waals surface area contributed by atoms with Crippen LogP contribution in [0.4, 0.5) is 0 Å². The number of fused-ring (bicyclic) bond motifs is 1. The molecule has 3 heterocycles. The maximum Gasteiger partial charge on any atom is 0.254 e. The number of carbonyl (C=O) groups is 2. The Kier molecular flexibility index (Phi) is 10.9. The molecule has 5 rings (SSSR count). The van der Waals surface area contributed by atoms with Crippen LogP contribution in [0.1, 0.15) is 47.9 Å². The van der Waals surface area contributed by atoms with E-state index in [2.05, 4.69) is 11.8 Å². The fraction of sp³-hybridized carbons (Fsp3) is 0.455. The van der Waals surface area contributed by atoms with Crippen molar-refractivity contribution in [3.63, 3.8) is 0 Å². The number of nitrogens with zero attached hydrogens (tertiary/aromatic N) is 3. The van der Waals surface area contributed by atoms with Crippen LogP contribution in [0.3, 0.4) is 0 Å². The van der Waals surface area contributed by atoms with Crippen LogP contribution in [-0.4, -0.2) is 85.9 Å². The number of hydrogen-bond acceptors (Lipinski definition) is 8. The molecule has 10 nitrogen and oxygen atoms in total. The SMILES string of the molecule is CCCCOc1ccc(C(=O)N(CCCN2CCOCC2)CC(=O)N(Cc2ccc3c(c2)OCO3)Cc2ccco2)cc1. The van der Waals surface area contributed by atoms with Crippen LogP contribution >= 0.6 is 0 Å². The minimum absolute atomic E-state index is 0.0536. The molecular weight excluding hydrogens is 550 g/mol. The second-order valence-corrected chi connectivity index (χ2v) is 10.8. The Balaban J connectivity index is 1.30. The summed E-state index contributed by atoms with van der Waals surface area (Å²) in [4.78, 5) is 33.4. The fourth-order valence-corrected chi connectivity index (χ4v) is 5.12. The second kappa shape index (κ2) is 15.5. The van der Waals surface area contributed by atoms with Crippen molar-refractivity contribution in [3.8, 4) is 17.2 Å². The van der Waals surface area contributed by atoms with Crippen LogP contribution in [0.15, 0.2) is 65.3 Å². The molecule has 0 bridgehead atoms. The van der Waals surface area contributed by atoms with Crippen LogP contribution < -0.4 is 14.2 Å². The number of amides is 2. The first-order chi connectivity index (χ1) is 21.1. The van der Waals surface area contributed by atoms with Crippen molar-refractivity contribution in [2.24, 2.45) is 0 Å². The van der Waals surface area contributed by atoms with Gasteiger partial charge >= 0.3 is 0 Å². The van der Waals surface area contributed by atoms with Gasteiger partial charge in [-0.25, -0.2) is 0 Å². The molecule has 0 unspecified atom stereocenters. The van der Waals surface area contributed by atoms with Gasteiger partial charge in [-0.1, -0.05) is 19.4 Å². The predicted octanol–water partition coefficient (Wildman–Crippen LogP) is 4.58. The van der Waals surface area contributed by atoms with Gasteiger partial charge < -0.3 is 33.2 Å². The summed E-state index contributed by atoms with van der Waals surface area (Å²) in [6.45, 7) is 7.96. The van der Waals surface area contributed by atoms with E-state index >= 15 is 0 Å². The number of furan rings is 1. The van der Waals surface area contributed by atoms with Gasteiger partial charge in [0.05, 0.1) is 32.6 Å². The molecular formula is C33H41N3O7. The number of rotatable bonds is 15. The lowest BCUT2D eigenvalue weighted by Crippen LogP contribution is -2.44. The molecule has 0 radical (unpaired) electrons. The van der Waals surface area contributed by atoms with E-state index in [-0.39, 0.29) is 31.7 Å². The number of unbranched alkanes of at least 4 members (excludes halogenated alkanes) is 1. The molecule has 1 fully saturated rings. The van der Waals surface area contributed by atoms with E-state index < -0.39 is 0 Å². The molecule has 1 aromatic heterocycles. The highest BCUT2D eigenvalue weighted by Gasteiger charge is 2.25. The van der Waals surface area contributed by atoms with Crippen LogP contribution in [0.2, 0.25) is 0 Å². The molecule has 10 heteroatoms. The van der Waals surface area contributed by atoms with Crippen LogP contribution in [0.5, 0.6) is 17.2 Å². The average molecular weight is 592 g/mol. The maximum absolute atomic E-state index is 13.9. The Labute approximate surface area is 253 Å². The Morgan fingerprint density at radius 3 is 2.51 bits per heavy atom. The van der Waals surface area contributed by atoms with E-state index in [1.807, 2.05) is 36.4 Å². The van der Waals surface area contributed by atoms with Crippen LogP contribution in [0, 0.1) is 0 Å². The van der Waals surface area contributed by atoms with Crippen LogP contribution in [0.25, 0.3) is 0 Å². The van der Waals surface area contributed by atoms with Gasteiger partial charge in [0.25, 0.3) is 5.91 Å². The molecule has 230 valence electrons. The lowest BCUT2D eigenvalue weighted by molar-refractivity contribution is -0.133. The van der Waals surface area contributed by atoms with Crippen LogP contribution in [-0.2, 0) is 22.6 Å². The molecule has 0 saturated carbocycles. The lowest BCUT2D eigenvalue weighted by atomic mass is 10.1. The second-order valence-electron chi connectivity index (χ2n) is 10.8. The normalized spacial score (nSPS) is 14.4.